The van der Waals surface area contributed by atoms with Crippen LogP contribution in [0.3, 0.4) is 0 Å². The molecule has 0 unspecified atom stereocenters. The quantitative estimate of drug-likeness (QED) is 0.908. The molecule has 0 spiro atoms. The lowest BCUT2D eigenvalue weighted by molar-refractivity contribution is -0.134. The second-order valence-electron chi connectivity index (χ2n) is 7.42. The topological polar surface area (TPSA) is 41.6 Å². The summed E-state index contributed by atoms with van der Waals surface area (Å²) in [5, 5.41) is 3.22. The Morgan fingerprint density at radius 3 is 2.52 bits per heavy atom. The van der Waals surface area contributed by atoms with E-state index in [1.165, 1.54) is 0 Å². The second kappa shape index (κ2) is 7.82. The summed E-state index contributed by atoms with van der Waals surface area (Å²) in [5.41, 5.74) is 1.14. The van der Waals surface area contributed by atoms with Gasteiger partial charge in [-0.2, -0.15) is 0 Å². The lowest BCUT2D eigenvalue weighted by Crippen LogP contribution is -2.42. The van der Waals surface area contributed by atoms with Gasteiger partial charge in [-0.3, -0.25) is 4.79 Å². The number of para-hydroxylation sites is 1. The summed E-state index contributed by atoms with van der Waals surface area (Å²) in [7, 11) is 1.98. The van der Waals surface area contributed by atoms with Crippen LogP contribution in [0.4, 0.5) is 0 Å². The minimum atomic E-state index is 0.00510. The van der Waals surface area contributed by atoms with Gasteiger partial charge in [-0.25, -0.2) is 0 Å². The highest BCUT2D eigenvalue weighted by Crippen LogP contribution is 2.31. The highest BCUT2D eigenvalue weighted by molar-refractivity contribution is 5.77. The van der Waals surface area contributed by atoms with Crippen molar-refractivity contribution in [3.8, 4) is 5.75 Å². The van der Waals surface area contributed by atoms with Crippen molar-refractivity contribution in [1.29, 1.82) is 0 Å². The average molecular weight is 318 g/mol. The van der Waals surface area contributed by atoms with E-state index in [2.05, 4.69) is 32.2 Å². The van der Waals surface area contributed by atoms with Gasteiger partial charge in [0.05, 0.1) is 0 Å². The molecule has 4 nitrogen and oxygen atoms in total. The first-order valence-electron chi connectivity index (χ1n) is 8.56. The van der Waals surface area contributed by atoms with E-state index in [1.807, 2.05) is 30.1 Å². The summed E-state index contributed by atoms with van der Waals surface area (Å²) < 4.78 is 5.85. The molecule has 1 aromatic rings. The molecule has 1 aliphatic heterocycles. The first-order chi connectivity index (χ1) is 10.9. The molecular formula is C19H30N2O2. The van der Waals surface area contributed by atoms with Crippen molar-refractivity contribution >= 4 is 5.91 Å². The molecule has 0 bridgehead atoms. The van der Waals surface area contributed by atoms with Crippen molar-refractivity contribution in [2.45, 2.75) is 39.0 Å². The van der Waals surface area contributed by atoms with Crippen LogP contribution in [0.15, 0.2) is 24.3 Å². The van der Waals surface area contributed by atoms with Crippen LogP contribution in [0.5, 0.6) is 5.75 Å². The number of likely N-dealkylation sites (tertiary alicyclic amines) is 1. The number of piperidine rings is 1. The Morgan fingerprint density at radius 1 is 1.26 bits per heavy atom. The lowest BCUT2D eigenvalue weighted by Gasteiger charge is -2.32. The van der Waals surface area contributed by atoms with E-state index in [9.17, 15) is 4.79 Å². The summed E-state index contributed by atoms with van der Waals surface area (Å²) >= 11 is 0. The molecule has 1 N–H and O–H groups in total. The number of nitrogens with one attached hydrogen (secondary N) is 1. The lowest BCUT2D eigenvalue weighted by atomic mass is 9.86. The molecule has 1 aliphatic rings. The SMILES string of the molecule is CNCC1CCN(C(=O)COc2ccccc2C(C)(C)C)CC1. The normalized spacial score (nSPS) is 16.4. The smallest absolute Gasteiger partial charge is 0.260 e. The number of hydrogen-bond donors (Lipinski definition) is 1. The maximum absolute atomic E-state index is 12.4. The number of rotatable bonds is 5. The highest BCUT2D eigenvalue weighted by Gasteiger charge is 2.23. The number of carbonyl (C=O) groups excluding carboxylic acids is 1. The molecule has 0 saturated carbocycles. The molecule has 1 amide bonds. The Bertz CT molecular complexity index is 514. The summed E-state index contributed by atoms with van der Waals surface area (Å²) in [6.07, 6.45) is 2.15. The van der Waals surface area contributed by atoms with Gasteiger partial charge in [0.1, 0.15) is 5.75 Å². The van der Waals surface area contributed by atoms with Crippen LogP contribution in [0.2, 0.25) is 0 Å². The summed E-state index contributed by atoms with van der Waals surface area (Å²) in [5.74, 6) is 1.60. The van der Waals surface area contributed by atoms with Gasteiger partial charge in [-0.1, -0.05) is 39.0 Å². The van der Waals surface area contributed by atoms with Gasteiger partial charge in [-0.15, -0.1) is 0 Å². The first-order valence-corrected chi connectivity index (χ1v) is 8.56. The van der Waals surface area contributed by atoms with Crippen molar-refractivity contribution in [3.05, 3.63) is 29.8 Å². The zero-order valence-electron chi connectivity index (χ0n) is 14.9. The van der Waals surface area contributed by atoms with Crippen LogP contribution in [0.1, 0.15) is 39.2 Å². The van der Waals surface area contributed by atoms with E-state index in [0.29, 0.717) is 5.92 Å². The molecule has 1 saturated heterocycles. The highest BCUT2D eigenvalue weighted by atomic mass is 16.5. The van der Waals surface area contributed by atoms with Crippen molar-refractivity contribution < 1.29 is 9.53 Å². The fourth-order valence-corrected chi connectivity index (χ4v) is 3.12. The van der Waals surface area contributed by atoms with Crippen LogP contribution in [-0.4, -0.2) is 44.1 Å². The number of benzene rings is 1. The molecule has 0 aliphatic carbocycles. The maximum Gasteiger partial charge on any atom is 0.260 e. The number of carbonyl (C=O) groups is 1. The van der Waals surface area contributed by atoms with E-state index >= 15 is 0 Å². The van der Waals surface area contributed by atoms with Crippen LogP contribution in [0.25, 0.3) is 0 Å². The predicted octanol–water partition coefficient (Wildman–Crippen LogP) is 2.82. The van der Waals surface area contributed by atoms with Crippen LogP contribution in [-0.2, 0) is 10.2 Å². The minimum Gasteiger partial charge on any atom is -0.483 e. The van der Waals surface area contributed by atoms with Gasteiger partial charge < -0.3 is 15.0 Å². The Balaban J connectivity index is 1.88. The Hall–Kier alpha value is -1.55. The summed E-state index contributed by atoms with van der Waals surface area (Å²) in [4.78, 5) is 14.3. The Kier molecular flexibility index (Phi) is 6.05. The van der Waals surface area contributed by atoms with Gasteiger partial charge >= 0.3 is 0 Å². The molecule has 1 fully saturated rings. The molecule has 1 aromatic carbocycles. The van der Waals surface area contributed by atoms with Crippen molar-refractivity contribution in [2.24, 2.45) is 5.92 Å². The maximum atomic E-state index is 12.4. The van der Waals surface area contributed by atoms with E-state index < -0.39 is 0 Å². The van der Waals surface area contributed by atoms with Gasteiger partial charge in [0.25, 0.3) is 5.91 Å². The molecule has 23 heavy (non-hydrogen) atoms. The van der Waals surface area contributed by atoms with Crippen molar-refractivity contribution in [2.75, 3.05) is 33.3 Å². The van der Waals surface area contributed by atoms with Crippen LogP contribution < -0.4 is 10.1 Å². The Labute approximate surface area is 140 Å². The Morgan fingerprint density at radius 2 is 1.91 bits per heavy atom. The molecular weight excluding hydrogens is 288 g/mol. The van der Waals surface area contributed by atoms with Gasteiger partial charge in [0.2, 0.25) is 0 Å². The number of ether oxygens (including phenoxy) is 1. The summed E-state index contributed by atoms with van der Waals surface area (Å²) in [6, 6.07) is 8.00. The molecule has 0 aromatic heterocycles. The molecule has 1 heterocycles. The van der Waals surface area contributed by atoms with Gasteiger partial charge in [0.15, 0.2) is 6.61 Å². The second-order valence-corrected chi connectivity index (χ2v) is 7.42. The largest absolute Gasteiger partial charge is 0.483 e. The summed E-state index contributed by atoms with van der Waals surface area (Å²) in [6.45, 7) is 9.32. The van der Waals surface area contributed by atoms with Crippen LogP contribution >= 0.6 is 0 Å². The fourth-order valence-electron chi connectivity index (χ4n) is 3.12. The van der Waals surface area contributed by atoms with E-state index in [0.717, 1.165) is 43.8 Å². The average Bonchev–Trinajstić information content (AvgIpc) is 2.53. The number of hydrogen-bond acceptors (Lipinski definition) is 3. The third-order valence-electron chi connectivity index (χ3n) is 4.51. The van der Waals surface area contributed by atoms with E-state index in [-0.39, 0.29) is 17.9 Å². The zero-order chi connectivity index (χ0) is 16.9. The van der Waals surface area contributed by atoms with Gasteiger partial charge in [0, 0.05) is 13.1 Å². The zero-order valence-corrected chi connectivity index (χ0v) is 14.9. The third-order valence-corrected chi connectivity index (χ3v) is 4.51. The molecule has 128 valence electrons. The third kappa shape index (κ3) is 4.96. The number of amides is 1. The molecule has 0 radical (unpaired) electrons. The fraction of sp³-hybridized carbons (Fsp3) is 0.632. The monoisotopic (exact) mass is 318 g/mol. The van der Waals surface area contributed by atoms with Crippen LogP contribution in [0, 0.1) is 5.92 Å². The predicted molar refractivity (Wildman–Crippen MR) is 93.9 cm³/mol. The molecule has 4 heteroatoms. The molecule has 0 atom stereocenters. The first kappa shape index (κ1) is 17.8. The minimum absolute atomic E-state index is 0.00510. The van der Waals surface area contributed by atoms with Crippen molar-refractivity contribution in [3.63, 3.8) is 0 Å². The molecule has 2 rings (SSSR count). The number of nitrogens with zero attached hydrogens (tertiary/aromatic N) is 1. The van der Waals surface area contributed by atoms with E-state index in [4.69, 9.17) is 4.74 Å². The van der Waals surface area contributed by atoms with Crippen molar-refractivity contribution in [1.82, 2.24) is 10.2 Å². The standard InChI is InChI=1S/C19H30N2O2/c1-19(2,3)16-7-5-6-8-17(16)23-14-18(22)21-11-9-15(10-12-21)13-20-4/h5-8,15,20H,9-14H2,1-4H3. The van der Waals surface area contributed by atoms with E-state index in [1.54, 1.807) is 0 Å². The van der Waals surface area contributed by atoms with Gasteiger partial charge in [-0.05, 0) is 49.4 Å².